The fraction of sp³-hybridized carbons (Fsp3) is 0.381. The van der Waals surface area contributed by atoms with E-state index >= 15 is 0 Å². The smallest absolute Gasteiger partial charge is 0.231 e. The number of hydrogen-bond donors (Lipinski definition) is 1. The van der Waals surface area contributed by atoms with E-state index in [1.807, 2.05) is 36.4 Å². The van der Waals surface area contributed by atoms with Gasteiger partial charge in [0.05, 0.1) is 5.92 Å². The Labute approximate surface area is 163 Å². The van der Waals surface area contributed by atoms with Crippen molar-refractivity contribution in [1.82, 2.24) is 15.2 Å². The number of carbonyl (C=O) groups excluding carboxylic acids is 2. The number of hydrogen-bond acceptors (Lipinski definition) is 5. The molecule has 0 spiro atoms. The van der Waals surface area contributed by atoms with Gasteiger partial charge >= 0.3 is 0 Å². The summed E-state index contributed by atoms with van der Waals surface area (Å²) in [7, 11) is 0. The Morgan fingerprint density at radius 1 is 1.21 bits per heavy atom. The largest absolute Gasteiger partial charge is 0.454 e. The summed E-state index contributed by atoms with van der Waals surface area (Å²) >= 11 is 0. The highest BCUT2D eigenvalue weighted by Gasteiger charge is 2.30. The molecule has 2 amide bonds. The van der Waals surface area contributed by atoms with E-state index in [1.165, 1.54) is 0 Å². The number of benzene rings is 1. The fourth-order valence-corrected chi connectivity index (χ4v) is 3.52. The number of likely N-dealkylation sites (tertiary alicyclic amines) is 1. The van der Waals surface area contributed by atoms with Gasteiger partial charge in [0.15, 0.2) is 11.5 Å². The zero-order chi connectivity index (χ0) is 19.3. The van der Waals surface area contributed by atoms with Crippen molar-refractivity contribution >= 4 is 11.8 Å². The number of rotatable bonds is 6. The van der Waals surface area contributed by atoms with Crippen molar-refractivity contribution in [3.8, 4) is 11.5 Å². The van der Waals surface area contributed by atoms with Crippen LogP contribution in [-0.2, 0) is 22.6 Å². The van der Waals surface area contributed by atoms with Crippen LogP contribution >= 0.6 is 0 Å². The lowest BCUT2D eigenvalue weighted by Gasteiger charge is -2.32. The highest BCUT2D eigenvalue weighted by molar-refractivity contribution is 5.83. The van der Waals surface area contributed by atoms with Crippen LogP contribution in [0.2, 0.25) is 0 Å². The standard InChI is InChI=1S/C21H23N3O4/c25-20-7-5-16(13-24(20)10-8-17-3-1-2-9-22-17)21(26)23-12-15-4-6-18-19(11-15)28-14-27-18/h1-4,6,9,11,16H,5,7-8,10,12-14H2,(H,23,26)/t16-/m1/s1. The SMILES string of the molecule is O=C(NCc1ccc2c(c1)OCO2)[C@@H]1CCC(=O)N(CCc2ccccn2)C1. The molecule has 0 bridgehead atoms. The van der Waals surface area contributed by atoms with Crippen molar-refractivity contribution in [3.63, 3.8) is 0 Å². The van der Waals surface area contributed by atoms with Gasteiger partial charge in [0.1, 0.15) is 0 Å². The first-order chi connectivity index (χ1) is 13.7. The number of fused-ring (bicyclic) bond motifs is 1. The molecule has 1 atom stereocenters. The first-order valence-corrected chi connectivity index (χ1v) is 9.53. The van der Waals surface area contributed by atoms with E-state index in [2.05, 4.69) is 10.3 Å². The second-order valence-corrected chi connectivity index (χ2v) is 7.05. The quantitative estimate of drug-likeness (QED) is 0.827. The summed E-state index contributed by atoms with van der Waals surface area (Å²) in [6.45, 7) is 1.70. The second kappa shape index (κ2) is 8.29. The zero-order valence-electron chi connectivity index (χ0n) is 15.6. The first-order valence-electron chi connectivity index (χ1n) is 9.53. The van der Waals surface area contributed by atoms with Gasteiger partial charge in [0, 0.05) is 44.4 Å². The highest BCUT2D eigenvalue weighted by Crippen LogP contribution is 2.32. The molecule has 0 radical (unpaired) electrons. The van der Waals surface area contributed by atoms with Gasteiger partial charge in [-0.1, -0.05) is 12.1 Å². The second-order valence-electron chi connectivity index (χ2n) is 7.05. The average Bonchev–Trinajstić information content (AvgIpc) is 3.20. The molecule has 4 rings (SSSR count). The van der Waals surface area contributed by atoms with E-state index in [-0.39, 0.29) is 24.5 Å². The Morgan fingerprint density at radius 2 is 2.11 bits per heavy atom. The minimum atomic E-state index is -0.185. The summed E-state index contributed by atoms with van der Waals surface area (Å²) in [5, 5.41) is 2.98. The summed E-state index contributed by atoms with van der Waals surface area (Å²) in [6.07, 6.45) is 3.44. The van der Waals surface area contributed by atoms with Crippen LogP contribution in [0.1, 0.15) is 24.1 Å². The van der Waals surface area contributed by atoms with Gasteiger partial charge in [-0.25, -0.2) is 0 Å². The minimum Gasteiger partial charge on any atom is -0.454 e. The number of aromatic nitrogens is 1. The third kappa shape index (κ3) is 4.24. The van der Waals surface area contributed by atoms with Gasteiger partial charge in [-0.05, 0) is 36.2 Å². The van der Waals surface area contributed by atoms with Gasteiger partial charge < -0.3 is 19.7 Å². The maximum Gasteiger partial charge on any atom is 0.231 e. The zero-order valence-corrected chi connectivity index (χ0v) is 15.6. The number of amides is 2. The molecule has 28 heavy (non-hydrogen) atoms. The van der Waals surface area contributed by atoms with E-state index in [0.29, 0.717) is 44.6 Å². The molecule has 7 heteroatoms. The molecular formula is C21H23N3O4. The molecule has 1 N–H and O–H groups in total. The molecule has 7 nitrogen and oxygen atoms in total. The van der Waals surface area contributed by atoms with Crippen molar-refractivity contribution in [1.29, 1.82) is 0 Å². The van der Waals surface area contributed by atoms with E-state index < -0.39 is 0 Å². The van der Waals surface area contributed by atoms with Crippen LogP contribution in [-0.4, -0.2) is 41.6 Å². The number of ether oxygens (including phenoxy) is 2. The molecule has 2 aliphatic heterocycles. The summed E-state index contributed by atoms with van der Waals surface area (Å²) in [5.74, 6) is 1.33. The normalized spacial score (nSPS) is 18.2. The minimum absolute atomic E-state index is 0.0204. The van der Waals surface area contributed by atoms with E-state index in [0.717, 1.165) is 17.0 Å². The Kier molecular flexibility index (Phi) is 5.41. The number of piperidine rings is 1. The molecule has 1 aromatic heterocycles. The molecular weight excluding hydrogens is 358 g/mol. The lowest BCUT2D eigenvalue weighted by molar-refractivity contribution is -0.138. The predicted octanol–water partition coefficient (Wildman–Crippen LogP) is 1.91. The van der Waals surface area contributed by atoms with Crippen molar-refractivity contribution in [3.05, 3.63) is 53.9 Å². The predicted molar refractivity (Wildman–Crippen MR) is 102 cm³/mol. The Morgan fingerprint density at radius 3 is 2.96 bits per heavy atom. The maximum absolute atomic E-state index is 12.6. The van der Waals surface area contributed by atoms with Crippen LogP contribution < -0.4 is 14.8 Å². The monoisotopic (exact) mass is 381 g/mol. The molecule has 2 aliphatic rings. The molecule has 1 fully saturated rings. The fourth-order valence-electron chi connectivity index (χ4n) is 3.52. The van der Waals surface area contributed by atoms with Crippen molar-refractivity contribution < 1.29 is 19.1 Å². The summed E-state index contributed by atoms with van der Waals surface area (Å²) < 4.78 is 10.7. The number of nitrogens with one attached hydrogen (secondary N) is 1. The van der Waals surface area contributed by atoms with E-state index in [4.69, 9.17) is 9.47 Å². The highest BCUT2D eigenvalue weighted by atomic mass is 16.7. The third-order valence-electron chi connectivity index (χ3n) is 5.14. The van der Waals surface area contributed by atoms with Crippen molar-refractivity contribution in [2.75, 3.05) is 19.9 Å². The molecule has 0 unspecified atom stereocenters. The van der Waals surface area contributed by atoms with Crippen molar-refractivity contribution in [2.24, 2.45) is 5.92 Å². The van der Waals surface area contributed by atoms with Crippen LogP contribution in [0.15, 0.2) is 42.6 Å². The van der Waals surface area contributed by atoms with Crippen LogP contribution in [0.4, 0.5) is 0 Å². The summed E-state index contributed by atoms with van der Waals surface area (Å²) in [5.41, 5.74) is 1.90. The van der Waals surface area contributed by atoms with E-state index in [1.54, 1.807) is 11.1 Å². The third-order valence-corrected chi connectivity index (χ3v) is 5.14. The average molecular weight is 381 g/mol. The lowest BCUT2D eigenvalue weighted by Crippen LogP contribution is -2.46. The Hall–Kier alpha value is -3.09. The van der Waals surface area contributed by atoms with Gasteiger partial charge in [0.25, 0.3) is 0 Å². The number of carbonyl (C=O) groups is 2. The van der Waals surface area contributed by atoms with Gasteiger partial charge in [-0.3, -0.25) is 14.6 Å². The molecule has 0 saturated carbocycles. The molecule has 2 aromatic rings. The summed E-state index contributed by atoms with van der Waals surface area (Å²) in [6, 6.07) is 11.4. The lowest BCUT2D eigenvalue weighted by atomic mass is 9.96. The van der Waals surface area contributed by atoms with Crippen LogP contribution in [0.25, 0.3) is 0 Å². The van der Waals surface area contributed by atoms with Crippen LogP contribution in [0.3, 0.4) is 0 Å². The Balaban J connectivity index is 1.29. The first kappa shape index (κ1) is 18.3. The van der Waals surface area contributed by atoms with Crippen LogP contribution in [0, 0.1) is 5.92 Å². The summed E-state index contributed by atoms with van der Waals surface area (Å²) in [4.78, 5) is 30.9. The number of nitrogens with zero attached hydrogens (tertiary/aromatic N) is 2. The molecule has 1 aromatic carbocycles. The molecule has 146 valence electrons. The van der Waals surface area contributed by atoms with Crippen LogP contribution in [0.5, 0.6) is 11.5 Å². The topological polar surface area (TPSA) is 80.8 Å². The Bertz CT molecular complexity index is 856. The van der Waals surface area contributed by atoms with E-state index in [9.17, 15) is 9.59 Å². The van der Waals surface area contributed by atoms with Gasteiger partial charge in [0.2, 0.25) is 18.6 Å². The van der Waals surface area contributed by atoms with Gasteiger partial charge in [-0.15, -0.1) is 0 Å². The van der Waals surface area contributed by atoms with Crippen molar-refractivity contribution in [2.45, 2.75) is 25.8 Å². The molecule has 0 aliphatic carbocycles. The van der Waals surface area contributed by atoms with Gasteiger partial charge in [-0.2, -0.15) is 0 Å². The number of pyridine rings is 1. The molecule has 1 saturated heterocycles. The maximum atomic E-state index is 12.6. The molecule has 3 heterocycles.